The summed E-state index contributed by atoms with van der Waals surface area (Å²) in [5, 5.41) is 0. The van der Waals surface area contributed by atoms with E-state index in [2.05, 4.69) is 24.1 Å². The third-order valence-corrected chi connectivity index (χ3v) is 3.86. The molecule has 1 aliphatic rings. The van der Waals surface area contributed by atoms with Crippen molar-refractivity contribution in [1.82, 2.24) is 4.90 Å². The van der Waals surface area contributed by atoms with Gasteiger partial charge in [-0.1, -0.05) is 6.07 Å². The zero-order chi connectivity index (χ0) is 16.8. The summed E-state index contributed by atoms with van der Waals surface area (Å²) in [6.07, 6.45) is 0. The average Bonchev–Trinajstić information content (AvgIpc) is 2.62. The van der Waals surface area contributed by atoms with Gasteiger partial charge in [-0.25, -0.2) is 0 Å². The fraction of sp³-hybridized carbons (Fsp3) is 0.368. The lowest BCUT2D eigenvalue weighted by atomic mass is 10.2. The number of methoxy groups -OCH3 is 1. The number of benzene rings is 2. The van der Waals surface area contributed by atoms with Crippen molar-refractivity contribution in [3.05, 3.63) is 48.0 Å². The Kier molecular flexibility index (Phi) is 5.43. The van der Waals surface area contributed by atoms with Gasteiger partial charge in [0.2, 0.25) is 0 Å². The molecule has 0 unspecified atom stereocenters. The highest BCUT2D eigenvalue weighted by Crippen LogP contribution is 2.31. The molecule has 0 aromatic heterocycles. The molecule has 5 heteroatoms. The zero-order valence-corrected chi connectivity index (χ0v) is 14.2. The van der Waals surface area contributed by atoms with Crippen molar-refractivity contribution in [2.75, 3.05) is 40.5 Å². The molecule has 0 saturated heterocycles. The second-order valence-electron chi connectivity index (χ2n) is 5.74. The van der Waals surface area contributed by atoms with Crippen molar-refractivity contribution >= 4 is 0 Å². The van der Waals surface area contributed by atoms with E-state index in [0.717, 1.165) is 36.1 Å². The minimum Gasteiger partial charge on any atom is -0.497 e. The maximum absolute atomic E-state index is 5.76. The van der Waals surface area contributed by atoms with Crippen LogP contribution in [0.5, 0.6) is 23.0 Å². The quantitative estimate of drug-likeness (QED) is 0.781. The van der Waals surface area contributed by atoms with E-state index in [0.29, 0.717) is 19.8 Å². The maximum Gasteiger partial charge on any atom is 0.161 e. The van der Waals surface area contributed by atoms with Crippen LogP contribution in [0.4, 0.5) is 0 Å². The highest BCUT2D eigenvalue weighted by atomic mass is 16.6. The van der Waals surface area contributed by atoms with E-state index in [4.69, 9.17) is 18.9 Å². The molecule has 1 heterocycles. The number of ether oxygens (including phenoxy) is 4. The van der Waals surface area contributed by atoms with Crippen molar-refractivity contribution in [3.63, 3.8) is 0 Å². The number of hydrogen-bond donors (Lipinski definition) is 0. The lowest BCUT2D eigenvalue weighted by Gasteiger charge is -2.21. The Hall–Kier alpha value is -2.40. The molecule has 0 fully saturated rings. The monoisotopic (exact) mass is 329 g/mol. The molecule has 1 aliphatic heterocycles. The highest BCUT2D eigenvalue weighted by Gasteiger charge is 2.12. The number of rotatable bonds is 7. The summed E-state index contributed by atoms with van der Waals surface area (Å²) in [5.74, 6) is 3.35. The molecule has 24 heavy (non-hydrogen) atoms. The van der Waals surface area contributed by atoms with Gasteiger partial charge < -0.3 is 18.9 Å². The lowest BCUT2D eigenvalue weighted by molar-refractivity contribution is 0.171. The third-order valence-electron chi connectivity index (χ3n) is 3.86. The molecule has 0 spiro atoms. The summed E-state index contributed by atoms with van der Waals surface area (Å²) in [4.78, 5) is 2.22. The van der Waals surface area contributed by atoms with E-state index < -0.39 is 0 Å². The van der Waals surface area contributed by atoms with Gasteiger partial charge in [-0.3, -0.25) is 4.90 Å². The van der Waals surface area contributed by atoms with Crippen molar-refractivity contribution in [1.29, 1.82) is 0 Å². The van der Waals surface area contributed by atoms with Gasteiger partial charge in [0.15, 0.2) is 11.5 Å². The molecular formula is C19H23NO4. The molecule has 3 rings (SSSR count). The molecular weight excluding hydrogens is 306 g/mol. The van der Waals surface area contributed by atoms with E-state index in [1.54, 1.807) is 7.11 Å². The van der Waals surface area contributed by atoms with Crippen LogP contribution in [0.25, 0.3) is 0 Å². The summed E-state index contributed by atoms with van der Waals surface area (Å²) < 4.78 is 22.1. The standard InChI is InChI=1S/C19H23NO4/c1-20(9-10-22-17-6-4-16(21-2)5-7-17)14-15-3-8-18-19(13-15)24-12-11-23-18/h3-8,13H,9-12,14H2,1-2H3. The summed E-state index contributed by atoms with van der Waals surface area (Å²) in [7, 11) is 3.73. The van der Waals surface area contributed by atoms with Gasteiger partial charge in [0.25, 0.3) is 0 Å². The van der Waals surface area contributed by atoms with Gasteiger partial charge in [-0.15, -0.1) is 0 Å². The van der Waals surface area contributed by atoms with Crippen molar-refractivity contribution in [2.24, 2.45) is 0 Å². The molecule has 2 aromatic carbocycles. The van der Waals surface area contributed by atoms with Gasteiger partial charge in [0.1, 0.15) is 31.3 Å². The van der Waals surface area contributed by atoms with Crippen LogP contribution in [0.1, 0.15) is 5.56 Å². The first-order valence-corrected chi connectivity index (χ1v) is 8.08. The van der Waals surface area contributed by atoms with Gasteiger partial charge in [0, 0.05) is 13.1 Å². The van der Waals surface area contributed by atoms with Crippen LogP contribution < -0.4 is 18.9 Å². The Bertz CT molecular complexity index is 657. The molecule has 0 atom stereocenters. The predicted octanol–water partition coefficient (Wildman–Crippen LogP) is 2.98. The Morgan fingerprint density at radius 3 is 2.42 bits per heavy atom. The normalized spacial score (nSPS) is 13.0. The van der Waals surface area contributed by atoms with E-state index in [1.165, 1.54) is 5.56 Å². The summed E-state index contributed by atoms with van der Waals surface area (Å²) in [6, 6.07) is 13.7. The lowest BCUT2D eigenvalue weighted by Crippen LogP contribution is -2.24. The Morgan fingerprint density at radius 2 is 1.67 bits per heavy atom. The first-order chi connectivity index (χ1) is 11.7. The van der Waals surface area contributed by atoms with E-state index >= 15 is 0 Å². The van der Waals surface area contributed by atoms with E-state index in [-0.39, 0.29) is 0 Å². The van der Waals surface area contributed by atoms with Gasteiger partial charge in [-0.05, 0) is 49.0 Å². The molecule has 0 aliphatic carbocycles. The first-order valence-electron chi connectivity index (χ1n) is 8.08. The summed E-state index contributed by atoms with van der Waals surface area (Å²) in [5.41, 5.74) is 1.20. The minimum absolute atomic E-state index is 0.613. The molecule has 0 N–H and O–H groups in total. The fourth-order valence-corrected chi connectivity index (χ4v) is 2.57. The molecule has 128 valence electrons. The second kappa shape index (κ2) is 7.93. The van der Waals surface area contributed by atoms with Crippen LogP contribution in [0, 0.1) is 0 Å². The van der Waals surface area contributed by atoms with Crippen LogP contribution in [-0.2, 0) is 6.54 Å². The predicted molar refractivity (Wildman–Crippen MR) is 92.3 cm³/mol. The molecule has 0 radical (unpaired) electrons. The molecule has 0 amide bonds. The van der Waals surface area contributed by atoms with Gasteiger partial charge >= 0.3 is 0 Å². The zero-order valence-electron chi connectivity index (χ0n) is 14.2. The largest absolute Gasteiger partial charge is 0.497 e. The molecule has 0 bridgehead atoms. The van der Waals surface area contributed by atoms with Crippen LogP contribution >= 0.6 is 0 Å². The summed E-state index contributed by atoms with van der Waals surface area (Å²) >= 11 is 0. The first kappa shape index (κ1) is 16.5. The summed E-state index contributed by atoms with van der Waals surface area (Å²) in [6.45, 7) is 3.54. The third kappa shape index (κ3) is 4.32. The smallest absolute Gasteiger partial charge is 0.161 e. The van der Waals surface area contributed by atoms with Crippen molar-refractivity contribution in [3.8, 4) is 23.0 Å². The van der Waals surface area contributed by atoms with Crippen LogP contribution in [0.15, 0.2) is 42.5 Å². The molecule has 5 nitrogen and oxygen atoms in total. The van der Waals surface area contributed by atoms with Crippen molar-refractivity contribution in [2.45, 2.75) is 6.54 Å². The Balaban J connectivity index is 1.46. The van der Waals surface area contributed by atoms with Crippen LogP contribution in [-0.4, -0.2) is 45.4 Å². The molecule has 2 aromatic rings. The van der Waals surface area contributed by atoms with Crippen molar-refractivity contribution < 1.29 is 18.9 Å². The van der Waals surface area contributed by atoms with Gasteiger partial charge in [-0.2, -0.15) is 0 Å². The maximum atomic E-state index is 5.76. The number of hydrogen-bond acceptors (Lipinski definition) is 5. The number of fused-ring (bicyclic) bond motifs is 1. The molecule has 0 saturated carbocycles. The van der Waals surface area contributed by atoms with E-state index in [9.17, 15) is 0 Å². The minimum atomic E-state index is 0.613. The SMILES string of the molecule is COc1ccc(OCCN(C)Cc2ccc3c(c2)OCCO3)cc1. The fourth-order valence-electron chi connectivity index (χ4n) is 2.57. The van der Waals surface area contributed by atoms with Gasteiger partial charge in [0.05, 0.1) is 7.11 Å². The highest BCUT2D eigenvalue weighted by molar-refractivity contribution is 5.43. The second-order valence-corrected chi connectivity index (χ2v) is 5.74. The number of likely N-dealkylation sites (N-methyl/N-ethyl adjacent to an activating group) is 1. The average molecular weight is 329 g/mol. The number of nitrogens with zero attached hydrogens (tertiary/aromatic N) is 1. The topological polar surface area (TPSA) is 40.2 Å². The van der Waals surface area contributed by atoms with E-state index in [1.807, 2.05) is 30.3 Å². The van der Waals surface area contributed by atoms with Crippen LogP contribution in [0.2, 0.25) is 0 Å². The Morgan fingerprint density at radius 1 is 0.958 bits per heavy atom. The van der Waals surface area contributed by atoms with Crippen LogP contribution in [0.3, 0.4) is 0 Å². The Labute approximate surface area is 142 Å².